The first-order valence-corrected chi connectivity index (χ1v) is 14.7. The fourth-order valence-corrected chi connectivity index (χ4v) is 6.18. The van der Waals surface area contributed by atoms with E-state index in [0.717, 1.165) is 35.6 Å². The minimum atomic E-state index is -4.18. The van der Waals surface area contributed by atoms with Crippen LogP contribution in [0.3, 0.4) is 0 Å². The van der Waals surface area contributed by atoms with E-state index >= 15 is 0 Å². The van der Waals surface area contributed by atoms with E-state index in [1.165, 1.54) is 38.8 Å². The summed E-state index contributed by atoms with van der Waals surface area (Å²) in [4.78, 5) is 26.5. The molecule has 0 bridgehead atoms. The number of nitrogens with zero attached hydrogens (tertiary/aromatic N) is 1. The van der Waals surface area contributed by atoms with E-state index in [1.54, 1.807) is 48.5 Å². The van der Waals surface area contributed by atoms with E-state index in [1.807, 2.05) is 6.92 Å². The van der Waals surface area contributed by atoms with Crippen molar-refractivity contribution in [3.63, 3.8) is 0 Å². The number of hydrogen-bond donors (Lipinski definition) is 2. The van der Waals surface area contributed by atoms with Gasteiger partial charge in [-0.15, -0.1) is 0 Å². The van der Waals surface area contributed by atoms with Crippen LogP contribution in [-0.4, -0.2) is 47.0 Å². The Morgan fingerprint density at radius 1 is 0.925 bits per heavy atom. The van der Waals surface area contributed by atoms with Crippen LogP contribution >= 0.6 is 0 Å². The summed E-state index contributed by atoms with van der Waals surface area (Å²) < 4.78 is 39.4. The molecule has 2 N–H and O–H groups in total. The summed E-state index contributed by atoms with van der Waals surface area (Å²) >= 11 is 0. The quantitative estimate of drug-likeness (QED) is 0.361. The van der Waals surface area contributed by atoms with Gasteiger partial charge in [0.1, 0.15) is 18.0 Å². The Labute approximate surface area is 235 Å². The molecule has 212 valence electrons. The summed E-state index contributed by atoms with van der Waals surface area (Å²) in [6, 6.07) is 17.9. The molecule has 1 fully saturated rings. The van der Waals surface area contributed by atoms with Crippen molar-refractivity contribution in [2.45, 2.75) is 50.0 Å². The van der Waals surface area contributed by atoms with Crippen LogP contribution in [-0.2, 0) is 14.8 Å². The minimum Gasteiger partial charge on any atom is -0.497 e. The van der Waals surface area contributed by atoms with Gasteiger partial charge in [0.2, 0.25) is 5.91 Å². The summed E-state index contributed by atoms with van der Waals surface area (Å²) in [5, 5.41) is 5.82. The predicted molar refractivity (Wildman–Crippen MR) is 155 cm³/mol. The average Bonchev–Trinajstić information content (AvgIpc) is 2.96. The van der Waals surface area contributed by atoms with Gasteiger partial charge >= 0.3 is 0 Å². The molecule has 0 heterocycles. The molecule has 0 atom stereocenters. The third kappa shape index (κ3) is 6.74. The number of carbonyl (C=O) groups excluding carboxylic acids is 2. The Balaban J connectivity index is 1.63. The van der Waals surface area contributed by atoms with Crippen molar-refractivity contribution in [3.05, 3.63) is 77.9 Å². The van der Waals surface area contributed by atoms with Crippen molar-refractivity contribution in [1.82, 2.24) is 5.32 Å². The van der Waals surface area contributed by atoms with Gasteiger partial charge in [-0.2, -0.15) is 0 Å². The highest BCUT2D eigenvalue weighted by molar-refractivity contribution is 7.92. The monoisotopic (exact) mass is 565 g/mol. The topological polar surface area (TPSA) is 114 Å². The van der Waals surface area contributed by atoms with E-state index in [2.05, 4.69) is 10.6 Å². The van der Waals surface area contributed by atoms with Gasteiger partial charge in [-0.25, -0.2) is 8.42 Å². The molecular weight excluding hydrogens is 530 g/mol. The number of hydrogen-bond acceptors (Lipinski definition) is 6. The molecule has 0 unspecified atom stereocenters. The maximum absolute atomic E-state index is 13.8. The number of benzene rings is 3. The third-order valence-electron chi connectivity index (χ3n) is 6.94. The summed E-state index contributed by atoms with van der Waals surface area (Å²) in [7, 11) is -1.28. The Morgan fingerprint density at radius 2 is 1.62 bits per heavy atom. The summed E-state index contributed by atoms with van der Waals surface area (Å²) in [6.07, 6.45) is 5.17. The lowest BCUT2D eigenvalue weighted by atomic mass is 9.95. The highest BCUT2D eigenvalue weighted by atomic mass is 32.2. The lowest BCUT2D eigenvalue weighted by molar-refractivity contribution is -0.114. The van der Waals surface area contributed by atoms with Crippen LogP contribution in [0.2, 0.25) is 0 Å². The SMILES string of the molecule is COc1ccc(N(CC(=O)Nc2ccccc2C(=O)NC2CCCCC2)S(=O)(=O)c2ccc(C)cc2)c(OC)c1. The highest BCUT2D eigenvalue weighted by Gasteiger charge is 2.30. The number of nitrogens with one attached hydrogen (secondary N) is 2. The molecule has 4 rings (SSSR count). The zero-order chi connectivity index (χ0) is 28.7. The van der Waals surface area contributed by atoms with Gasteiger partial charge < -0.3 is 20.1 Å². The Hall–Kier alpha value is -4.05. The van der Waals surface area contributed by atoms with Crippen LogP contribution in [0.1, 0.15) is 48.0 Å². The molecule has 9 nitrogen and oxygen atoms in total. The van der Waals surface area contributed by atoms with Gasteiger partial charge in [-0.1, -0.05) is 49.1 Å². The molecule has 1 aliphatic carbocycles. The van der Waals surface area contributed by atoms with Crippen LogP contribution in [0.4, 0.5) is 11.4 Å². The first-order chi connectivity index (χ1) is 19.2. The number of carbonyl (C=O) groups is 2. The van der Waals surface area contributed by atoms with Crippen molar-refractivity contribution in [2.75, 3.05) is 30.4 Å². The minimum absolute atomic E-state index is 0.0241. The maximum Gasteiger partial charge on any atom is 0.264 e. The molecule has 1 aliphatic rings. The van der Waals surface area contributed by atoms with Crippen LogP contribution in [0.25, 0.3) is 0 Å². The standard InChI is InChI=1S/C30H35N3O6S/c1-21-13-16-24(17-14-21)40(36,37)33(27-18-15-23(38-2)19-28(27)39-3)20-29(34)32-26-12-8-7-11-25(26)30(35)31-22-9-5-4-6-10-22/h7-8,11-19,22H,4-6,9-10,20H2,1-3H3,(H,31,35)(H,32,34). The molecule has 0 aromatic heterocycles. The molecule has 3 aromatic rings. The van der Waals surface area contributed by atoms with Crippen molar-refractivity contribution in [1.29, 1.82) is 0 Å². The van der Waals surface area contributed by atoms with Crippen molar-refractivity contribution in [2.24, 2.45) is 0 Å². The molecular formula is C30H35N3O6S. The predicted octanol–water partition coefficient (Wildman–Crippen LogP) is 4.91. The number of ether oxygens (including phenoxy) is 2. The van der Waals surface area contributed by atoms with Gasteiger partial charge in [0.25, 0.3) is 15.9 Å². The molecule has 0 aliphatic heterocycles. The second-order valence-corrected chi connectivity index (χ2v) is 11.6. The van der Waals surface area contributed by atoms with Gasteiger partial charge in [0.05, 0.1) is 36.1 Å². The molecule has 1 saturated carbocycles. The van der Waals surface area contributed by atoms with Gasteiger partial charge in [0, 0.05) is 12.1 Å². The fraction of sp³-hybridized carbons (Fsp3) is 0.333. The lowest BCUT2D eigenvalue weighted by Gasteiger charge is -2.26. The van der Waals surface area contributed by atoms with Crippen LogP contribution in [0.5, 0.6) is 11.5 Å². The zero-order valence-electron chi connectivity index (χ0n) is 23.0. The number of methoxy groups -OCH3 is 2. The third-order valence-corrected chi connectivity index (χ3v) is 8.71. The normalized spacial score (nSPS) is 13.8. The highest BCUT2D eigenvalue weighted by Crippen LogP contribution is 2.35. The molecule has 2 amide bonds. The Bertz CT molecular complexity index is 1450. The number of para-hydroxylation sites is 1. The first kappa shape index (κ1) is 28.9. The maximum atomic E-state index is 13.8. The van der Waals surface area contributed by atoms with E-state index in [9.17, 15) is 18.0 Å². The fourth-order valence-electron chi connectivity index (χ4n) is 4.75. The summed E-state index contributed by atoms with van der Waals surface area (Å²) in [5.41, 5.74) is 1.68. The molecule has 0 radical (unpaired) electrons. The van der Waals surface area contributed by atoms with Gasteiger partial charge in [-0.05, 0) is 56.2 Å². The molecule has 3 aromatic carbocycles. The zero-order valence-corrected chi connectivity index (χ0v) is 23.8. The number of aryl methyl sites for hydroxylation is 1. The first-order valence-electron chi connectivity index (χ1n) is 13.2. The van der Waals surface area contributed by atoms with Crippen LogP contribution in [0, 0.1) is 6.92 Å². The van der Waals surface area contributed by atoms with Crippen molar-refractivity contribution in [3.8, 4) is 11.5 Å². The van der Waals surface area contributed by atoms with E-state index in [-0.39, 0.29) is 28.3 Å². The van der Waals surface area contributed by atoms with E-state index < -0.39 is 22.5 Å². The molecule has 40 heavy (non-hydrogen) atoms. The second-order valence-electron chi connectivity index (χ2n) is 9.76. The van der Waals surface area contributed by atoms with E-state index in [4.69, 9.17) is 9.47 Å². The second kappa shape index (κ2) is 12.9. The summed E-state index contributed by atoms with van der Waals surface area (Å²) in [5.74, 6) is -0.207. The van der Waals surface area contributed by atoms with Crippen LogP contribution < -0.4 is 24.4 Å². The van der Waals surface area contributed by atoms with Crippen molar-refractivity contribution < 1.29 is 27.5 Å². The largest absolute Gasteiger partial charge is 0.497 e. The van der Waals surface area contributed by atoms with Crippen LogP contribution in [0.15, 0.2) is 71.6 Å². The number of anilines is 2. The average molecular weight is 566 g/mol. The summed E-state index contributed by atoms with van der Waals surface area (Å²) in [6.45, 7) is 1.30. The Morgan fingerprint density at radius 3 is 2.30 bits per heavy atom. The molecule has 0 spiro atoms. The number of rotatable bonds is 10. The molecule has 0 saturated heterocycles. The smallest absolute Gasteiger partial charge is 0.264 e. The van der Waals surface area contributed by atoms with Crippen molar-refractivity contribution >= 4 is 33.2 Å². The van der Waals surface area contributed by atoms with Gasteiger partial charge in [-0.3, -0.25) is 13.9 Å². The molecule has 10 heteroatoms. The lowest BCUT2D eigenvalue weighted by Crippen LogP contribution is -2.39. The number of sulfonamides is 1. The Kier molecular flexibility index (Phi) is 9.31. The van der Waals surface area contributed by atoms with Gasteiger partial charge in [0.15, 0.2) is 0 Å². The number of amides is 2. The van der Waals surface area contributed by atoms with E-state index in [0.29, 0.717) is 17.0 Å².